The Labute approximate surface area is 198 Å². The maximum absolute atomic E-state index is 13.6. The normalized spacial score (nSPS) is 19.1. The van der Waals surface area contributed by atoms with E-state index in [1.54, 1.807) is 31.0 Å². The van der Waals surface area contributed by atoms with E-state index in [0.29, 0.717) is 19.4 Å². The van der Waals surface area contributed by atoms with Crippen LogP contribution in [0.4, 0.5) is 0 Å². The summed E-state index contributed by atoms with van der Waals surface area (Å²) in [5, 5.41) is 11.1. The first-order chi connectivity index (χ1) is 15.9. The molecular formula is C25H27NO5S2. The molecule has 0 spiro atoms. The third-order valence-corrected chi connectivity index (χ3v) is 9.22. The van der Waals surface area contributed by atoms with Gasteiger partial charge in [-0.25, -0.2) is 8.42 Å². The Balaban J connectivity index is 1.53. The van der Waals surface area contributed by atoms with Gasteiger partial charge in [-0.1, -0.05) is 42.5 Å². The first kappa shape index (κ1) is 23.6. The predicted molar refractivity (Wildman–Crippen MR) is 131 cm³/mol. The largest absolute Gasteiger partial charge is 0.497 e. The van der Waals surface area contributed by atoms with Gasteiger partial charge in [0.05, 0.1) is 12.0 Å². The molecule has 0 amide bonds. The fourth-order valence-electron chi connectivity index (χ4n) is 4.21. The van der Waals surface area contributed by atoms with Crippen molar-refractivity contribution in [3.8, 4) is 5.75 Å². The van der Waals surface area contributed by atoms with Crippen molar-refractivity contribution in [1.82, 2.24) is 4.31 Å². The molecule has 8 heteroatoms. The van der Waals surface area contributed by atoms with E-state index in [2.05, 4.69) is 0 Å². The van der Waals surface area contributed by atoms with E-state index in [1.807, 2.05) is 54.6 Å². The maximum atomic E-state index is 13.6. The summed E-state index contributed by atoms with van der Waals surface area (Å²) in [6.07, 6.45) is 0.896. The highest BCUT2D eigenvalue weighted by atomic mass is 32.2. The molecule has 1 fully saturated rings. The minimum Gasteiger partial charge on any atom is -0.497 e. The lowest BCUT2D eigenvalue weighted by Gasteiger charge is -2.23. The highest BCUT2D eigenvalue weighted by Gasteiger charge is 2.40. The van der Waals surface area contributed by atoms with E-state index in [9.17, 15) is 18.3 Å². The number of benzene rings is 3. The molecule has 33 heavy (non-hydrogen) atoms. The Morgan fingerprint density at radius 3 is 2.52 bits per heavy atom. The van der Waals surface area contributed by atoms with E-state index in [1.165, 1.54) is 4.31 Å². The van der Waals surface area contributed by atoms with Crippen LogP contribution in [0.2, 0.25) is 0 Å². The van der Waals surface area contributed by atoms with Crippen molar-refractivity contribution in [3.63, 3.8) is 0 Å². The number of methoxy groups -OCH3 is 1. The smallest absolute Gasteiger partial charge is 0.303 e. The molecule has 4 rings (SSSR count). The number of thioether (sulfide) groups is 1. The van der Waals surface area contributed by atoms with Crippen LogP contribution in [0.5, 0.6) is 5.75 Å². The third kappa shape index (κ3) is 5.51. The summed E-state index contributed by atoms with van der Waals surface area (Å²) >= 11 is 1.71. The molecule has 2 unspecified atom stereocenters. The van der Waals surface area contributed by atoms with Gasteiger partial charge in [-0.05, 0) is 53.4 Å². The molecule has 1 saturated heterocycles. The molecule has 3 aromatic carbocycles. The lowest BCUT2D eigenvalue weighted by Crippen LogP contribution is -2.36. The molecule has 1 aliphatic rings. The van der Waals surface area contributed by atoms with E-state index < -0.39 is 16.0 Å². The Bertz CT molecular complexity index is 1230. The molecular weight excluding hydrogens is 458 g/mol. The number of carboxylic acids is 1. The molecule has 6 nitrogen and oxygen atoms in total. The van der Waals surface area contributed by atoms with Gasteiger partial charge >= 0.3 is 5.97 Å². The number of hydrogen-bond acceptors (Lipinski definition) is 5. The Hall–Kier alpha value is -2.55. The minimum absolute atomic E-state index is 0.0513. The summed E-state index contributed by atoms with van der Waals surface area (Å²) in [6.45, 7) is 0.375. The standard InChI is InChI=1S/C25H27NO5S2/c1-31-22-10-6-18(7-11-22)17-32-23-15-21(9-13-25(27)28)26(16-23)33(29,30)24-12-8-19-4-2-3-5-20(19)14-24/h2-8,10-12,14,21,23H,9,13,15-17H2,1H3,(H,27,28). The van der Waals surface area contributed by atoms with Gasteiger partial charge in [-0.2, -0.15) is 16.1 Å². The SMILES string of the molecule is COc1ccc(CSC2CC(CCC(=O)O)N(S(=O)(=O)c3ccc4ccccc4c3)C2)cc1. The number of ether oxygens (including phenoxy) is 1. The molecule has 0 bridgehead atoms. The number of carboxylic acid groups (broad SMARTS) is 1. The molecule has 0 radical (unpaired) electrons. The molecule has 0 aliphatic carbocycles. The average molecular weight is 486 g/mol. The first-order valence-electron chi connectivity index (χ1n) is 10.8. The van der Waals surface area contributed by atoms with Gasteiger partial charge in [0.1, 0.15) is 5.75 Å². The Morgan fingerprint density at radius 1 is 1.09 bits per heavy atom. The maximum Gasteiger partial charge on any atom is 0.303 e. The highest BCUT2D eigenvalue weighted by molar-refractivity contribution is 7.99. The van der Waals surface area contributed by atoms with Crippen molar-refractivity contribution in [1.29, 1.82) is 0 Å². The van der Waals surface area contributed by atoms with Gasteiger partial charge < -0.3 is 9.84 Å². The number of sulfonamides is 1. The summed E-state index contributed by atoms with van der Waals surface area (Å²) in [6, 6.07) is 20.3. The number of fused-ring (bicyclic) bond motifs is 1. The van der Waals surface area contributed by atoms with Gasteiger partial charge in [-0.3, -0.25) is 4.79 Å². The van der Waals surface area contributed by atoms with Crippen LogP contribution in [0.3, 0.4) is 0 Å². The van der Waals surface area contributed by atoms with Crippen molar-refractivity contribution >= 4 is 38.5 Å². The van der Waals surface area contributed by atoms with Gasteiger partial charge in [0.15, 0.2) is 0 Å². The molecule has 1 heterocycles. The summed E-state index contributed by atoms with van der Waals surface area (Å²) in [7, 11) is -2.11. The van der Waals surface area contributed by atoms with Crippen LogP contribution < -0.4 is 4.74 Å². The van der Waals surface area contributed by atoms with Crippen LogP contribution >= 0.6 is 11.8 Å². The topological polar surface area (TPSA) is 83.9 Å². The molecule has 3 aromatic rings. The van der Waals surface area contributed by atoms with E-state index in [0.717, 1.165) is 27.8 Å². The summed E-state index contributed by atoms with van der Waals surface area (Å²) in [5.41, 5.74) is 1.14. The van der Waals surface area contributed by atoms with Crippen LogP contribution in [0.15, 0.2) is 71.6 Å². The van der Waals surface area contributed by atoms with Crippen LogP contribution in [0, 0.1) is 0 Å². The van der Waals surface area contributed by atoms with Crippen molar-refractivity contribution < 1.29 is 23.1 Å². The summed E-state index contributed by atoms with van der Waals surface area (Å²) in [4.78, 5) is 11.4. The van der Waals surface area contributed by atoms with Crippen molar-refractivity contribution in [2.24, 2.45) is 0 Å². The Morgan fingerprint density at radius 2 is 1.82 bits per heavy atom. The number of nitrogens with zero attached hydrogens (tertiary/aromatic N) is 1. The van der Waals surface area contributed by atoms with Crippen LogP contribution in [0.25, 0.3) is 10.8 Å². The fourth-order valence-corrected chi connectivity index (χ4v) is 7.30. The van der Waals surface area contributed by atoms with Gasteiger partial charge in [0.25, 0.3) is 0 Å². The van der Waals surface area contributed by atoms with Crippen LogP contribution in [0.1, 0.15) is 24.8 Å². The number of aliphatic carboxylic acids is 1. The minimum atomic E-state index is -3.74. The second-order valence-corrected chi connectivity index (χ2v) is 11.4. The second kappa shape index (κ2) is 10.2. The molecule has 0 saturated carbocycles. The van der Waals surface area contributed by atoms with Crippen LogP contribution in [-0.4, -0.2) is 48.7 Å². The summed E-state index contributed by atoms with van der Waals surface area (Å²) in [5.74, 6) is 0.642. The fraction of sp³-hybridized carbons (Fsp3) is 0.320. The lowest BCUT2D eigenvalue weighted by molar-refractivity contribution is -0.137. The zero-order valence-electron chi connectivity index (χ0n) is 18.4. The Kier molecular flexibility index (Phi) is 7.26. The van der Waals surface area contributed by atoms with E-state index in [-0.39, 0.29) is 22.6 Å². The quantitative estimate of drug-likeness (QED) is 0.470. The van der Waals surface area contributed by atoms with Gasteiger partial charge in [0, 0.05) is 30.0 Å². The van der Waals surface area contributed by atoms with Crippen molar-refractivity contribution in [2.45, 2.75) is 41.2 Å². The third-order valence-electron chi connectivity index (χ3n) is 5.99. The number of carbonyl (C=O) groups is 1. The van der Waals surface area contributed by atoms with Gasteiger partial charge in [0.2, 0.25) is 10.0 Å². The predicted octanol–water partition coefficient (Wildman–Crippen LogP) is 4.78. The van der Waals surface area contributed by atoms with E-state index in [4.69, 9.17) is 4.74 Å². The van der Waals surface area contributed by atoms with Crippen molar-refractivity contribution in [3.05, 3.63) is 72.3 Å². The first-order valence-corrected chi connectivity index (χ1v) is 13.3. The molecule has 174 valence electrons. The molecule has 0 aromatic heterocycles. The molecule has 1 N–H and O–H groups in total. The average Bonchev–Trinajstić information content (AvgIpc) is 3.25. The monoisotopic (exact) mass is 485 g/mol. The summed E-state index contributed by atoms with van der Waals surface area (Å²) < 4.78 is 33.9. The zero-order valence-corrected chi connectivity index (χ0v) is 20.0. The van der Waals surface area contributed by atoms with Gasteiger partial charge in [-0.15, -0.1) is 0 Å². The zero-order chi connectivity index (χ0) is 23.4. The second-order valence-electron chi connectivity index (χ2n) is 8.19. The number of hydrogen-bond donors (Lipinski definition) is 1. The van der Waals surface area contributed by atoms with Crippen molar-refractivity contribution in [2.75, 3.05) is 13.7 Å². The molecule has 1 aliphatic heterocycles. The molecule has 2 atom stereocenters. The van der Waals surface area contributed by atoms with Crippen LogP contribution in [-0.2, 0) is 20.6 Å². The highest BCUT2D eigenvalue weighted by Crippen LogP contribution is 2.36. The number of rotatable bonds is 9. The lowest BCUT2D eigenvalue weighted by atomic mass is 10.1. The van der Waals surface area contributed by atoms with E-state index >= 15 is 0 Å².